The molecule has 0 aliphatic heterocycles. The lowest BCUT2D eigenvalue weighted by Crippen LogP contribution is -2.03. The van der Waals surface area contributed by atoms with Crippen molar-refractivity contribution in [3.63, 3.8) is 0 Å². The number of carbonyl (C=O) groups is 1. The SMILES string of the molecule is C=C(c1ccccc1)C(OC)c1ccc(/C=C/C(=O)O)cc1. The summed E-state index contributed by atoms with van der Waals surface area (Å²) in [7, 11) is 1.65. The Balaban J connectivity index is 2.21. The van der Waals surface area contributed by atoms with Gasteiger partial charge in [0.2, 0.25) is 0 Å². The monoisotopic (exact) mass is 294 g/mol. The number of carboxylic acid groups (broad SMARTS) is 1. The Labute approximate surface area is 130 Å². The maximum atomic E-state index is 10.5. The van der Waals surface area contributed by atoms with E-state index in [0.717, 1.165) is 28.3 Å². The maximum absolute atomic E-state index is 10.5. The lowest BCUT2D eigenvalue weighted by molar-refractivity contribution is -0.131. The summed E-state index contributed by atoms with van der Waals surface area (Å²) >= 11 is 0. The second kappa shape index (κ2) is 7.38. The molecule has 0 saturated heterocycles. The molecular weight excluding hydrogens is 276 g/mol. The fourth-order valence-electron chi connectivity index (χ4n) is 2.23. The van der Waals surface area contributed by atoms with Crippen molar-refractivity contribution in [1.82, 2.24) is 0 Å². The molecule has 0 fully saturated rings. The largest absolute Gasteiger partial charge is 0.478 e. The molecule has 1 unspecified atom stereocenters. The standard InChI is InChI=1S/C19H18O3/c1-14(16-6-4-3-5-7-16)19(22-2)17-11-8-15(9-12-17)10-13-18(20)21/h3-13,19H,1H2,2H3,(H,20,21)/b13-10+. The van der Waals surface area contributed by atoms with E-state index >= 15 is 0 Å². The third kappa shape index (κ3) is 3.93. The number of benzene rings is 2. The van der Waals surface area contributed by atoms with E-state index in [-0.39, 0.29) is 6.10 Å². The summed E-state index contributed by atoms with van der Waals surface area (Å²) < 4.78 is 5.58. The average molecular weight is 294 g/mol. The van der Waals surface area contributed by atoms with E-state index < -0.39 is 5.97 Å². The Morgan fingerprint density at radius 2 is 1.77 bits per heavy atom. The minimum atomic E-state index is -0.962. The molecule has 0 bridgehead atoms. The Bertz CT molecular complexity index is 670. The zero-order valence-corrected chi connectivity index (χ0v) is 12.4. The summed E-state index contributed by atoms with van der Waals surface area (Å²) in [5.41, 5.74) is 3.72. The topological polar surface area (TPSA) is 46.5 Å². The van der Waals surface area contributed by atoms with Crippen LogP contribution in [0.25, 0.3) is 11.6 Å². The molecule has 0 aliphatic carbocycles. The van der Waals surface area contributed by atoms with E-state index in [1.165, 1.54) is 0 Å². The number of carboxylic acids is 1. The van der Waals surface area contributed by atoms with Gasteiger partial charge in [-0.2, -0.15) is 0 Å². The summed E-state index contributed by atoms with van der Waals surface area (Å²) in [6.45, 7) is 4.14. The highest BCUT2D eigenvalue weighted by atomic mass is 16.5. The first-order valence-electron chi connectivity index (χ1n) is 6.90. The Kier molecular flexibility index (Phi) is 5.28. The zero-order chi connectivity index (χ0) is 15.9. The smallest absolute Gasteiger partial charge is 0.328 e. The third-order valence-corrected chi connectivity index (χ3v) is 3.35. The number of hydrogen-bond acceptors (Lipinski definition) is 2. The summed E-state index contributed by atoms with van der Waals surface area (Å²) in [6.07, 6.45) is 2.44. The van der Waals surface area contributed by atoms with Crippen molar-refractivity contribution in [2.24, 2.45) is 0 Å². The summed E-state index contributed by atoms with van der Waals surface area (Å²) in [5, 5.41) is 8.64. The first-order chi connectivity index (χ1) is 10.6. The highest BCUT2D eigenvalue weighted by Gasteiger charge is 2.15. The molecule has 3 nitrogen and oxygen atoms in total. The van der Waals surface area contributed by atoms with Crippen molar-refractivity contribution < 1.29 is 14.6 Å². The molecule has 0 aliphatic rings. The van der Waals surface area contributed by atoms with Crippen LogP contribution in [0.3, 0.4) is 0 Å². The van der Waals surface area contributed by atoms with E-state index in [1.807, 2.05) is 54.6 Å². The van der Waals surface area contributed by atoms with Gasteiger partial charge in [-0.3, -0.25) is 0 Å². The molecule has 3 heteroatoms. The van der Waals surface area contributed by atoms with Crippen molar-refractivity contribution in [2.75, 3.05) is 7.11 Å². The van der Waals surface area contributed by atoms with Gasteiger partial charge in [-0.05, 0) is 28.3 Å². The molecule has 2 aromatic carbocycles. The normalized spacial score (nSPS) is 12.2. The highest BCUT2D eigenvalue weighted by Crippen LogP contribution is 2.31. The quantitative estimate of drug-likeness (QED) is 0.813. The molecule has 0 amide bonds. The van der Waals surface area contributed by atoms with Gasteiger partial charge in [0, 0.05) is 13.2 Å². The van der Waals surface area contributed by atoms with Gasteiger partial charge in [0.25, 0.3) is 0 Å². The van der Waals surface area contributed by atoms with Crippen LogP contribution in [0.2, 0.25) is 0 Å². The van der Waals surface area contributed by atoms with E-state index in [4.69, 9.17) is 9.84 Å². The molecule has 0 saturated carbocycles. The molecule has 1 atom stereocenters. The summed E-state index contributed by atoms with van der Waals surface area (Å²) in [5.74, 6) is -0.962. The fraction of sp³-hybridized carbons (Fsp3) is 0.105. The number of aliphatic carboxylic acids is 1. The Hall–Kier alpha value is -2.65. The Morgan fingerprint density at radius 3 is 2.32 bits per heavy atom. The highest BCUT2D eigenvalue weighted by molar-refractivity contribution is 5.85. The molecule has 0 radical (unpaired) electrons. The van der Waals surface area contributed by atoms with Gasteiger partial charge in [-0.1, -0.05) is 61.2 Å². The van der Waals surface area contributed by atoms with Gasteiger partial charge in [0.05, 0.1) is 0 Å². The fourth-order valence-corrected chi connectivity index (χ4v) is 2.23. The van der Waals surface area contributed by atoms with Crippen LogP contribution in [0.4, 0.5) is 0 Å². The molecule has 0 spiro atoms. The van der Waals surface area contributed by atoms with Gasteiger partial charge >= 0.3 is 5.97 Å². The van der Waals surface area contributed by atoms with Crippen molar-refractivity contribution in [2.45, 2.75) is 6.10 Å². The third-order valence-electron chi connectivity index (χ3n) is 3.35. The number of hydrogen-bond donors (Lipinski definition) is 1. The predicted octanol–water partition coefficient (Wildman–Crippen LogP) is 4.19. The lowest BCUT2D eigenvalue weighted by atomic mass is 9.96. The first-order valence-corrected chi connectivity index (χ1v) is 6.90. The molecular formula is C19H18O3. The first kappa shape index (κ1) is 15.7. The minimum Gasteiger partial charge on any atom is -0.478 e. The number of ether oxygens (including phenoxy) is 1. The minimum absolute atomic E-state index is 0.236. The van der Waals surface area contributed by atoms with Crippen LogP contribution in [-0.4, -0.2) is 18.2 Å². The zero-order valence-electron chi connectivity index (χ0n) is 12.4. The van der Waals surface area contributed by atoms with Gasteiger partial charge < -0.3 is 9.84 Å². The second-order valence-corrected chi connectivity index (χ2v) is 4.85. The van der Waals surface area contributed by atoms with E-state index in [1.54, 1.807) is 13.2 Å². The molecule has 0 heterocycles. The molecule has 22 heavy (non-hydrogen) atoms. The van der Waals surface area contributed by atoms with Crippen LogP contribution in [-0.2, 0) is 9.53 Å². The van der Waals surface area contributed by atoms with Crippen molar-refractivity contribution in [1.29, 1.82) is 0 Å². The average Bonchev–Trinajstić information content (AvgIpc) is 2.55. The van der Waals surface area contributed by atoms with Crippen molar-refractivity contribution >= 4 is 17.6 Å². The van der Waals surface area contributed by atoms with Gasteiger partial charge in [0.15, 0.2) is 0 Å². The van der Waals surface area contributed by atoms with E-state index in [9.17, 15) is 4.79 Å². The van der Waals surface area contributed by atoms with E-state index in [2.05, 4.69) is 6.58 Å². The number of methoxy groups -OCH3 is 1. The van der Waals surface area contributed by atoms with Crippen LogP contribution < -0.4 is 0 Å². The molecule has 0 aromatic heterocycles. The predicted molar refractivity (Wildman–Crippen MR) is 88.3 cm³/mol. The van der Waals surface area contributed by atoms with Crippen LogP contribution in [0, 0.1) is 0 Å². The van der Waals surface area contributed by atoms with Crippen molar-refractivity contribution in [3.8, 4) is 0 Å². The van der Waals surface area contributed by atoms with E-state index in [0.29, 0.717) is 0 Å². The van der Waals surface area contributed by atoms with Crippen LogP contribution in [0.1, 0.15) is 22.8 Å². The molecule has 2 rings (SSSR count). The summed E-state index contributed by atoms with van der Waals surface area (Å²) in [4.78, 5) is 10.5. The van der Waals surface area contributed by atoms with Gasteiger partial charge in [-0.25, -0.2) is 4.79 Å². The number of rotatable bonds is 6. The lowest BCUT2D eigenvalue weighted by Gasteiger charge is -2.19. The van der Waals surface area contributed by atoms with Crippen molar-refractivity contribution in [3.05, 3.63) is 83.9 Å². The van der Waals surface area contributed by atoms with Gasteiger partial charge in [-0.15, -0.1) is 0 Å². The molecule has 2 aromatic rings. The maximum Gasteiger partial charge on any atom is 0.328 e. The van der Waals surface area contributed by atoms with Crippen LogP contribution in [0.15, 0.2) is 67.3 Å². The molecule has 1 N–H and O–H groups in total. The molecule has 112 valence electrons. The van der Waals surface area contributed by atoms with Gasteiger partial charge in [0.1, 0.15) is 6.10 Å². The Morgan fingerprint density at radius 1 is 1.14 bits per heavy atom. The summed E-state index contributed by atoms with van der Waals surface area (Å²) in [6, 6.07) is 17.4. The van der Waals surface area contributed by atoms with Crippen LogP contribution >= 0.6 is 0 Å². The van der Waals surface area contributed by atoms with Crippen LogP contribution in [0.5, 0.6) is 0 Å². The second-order valence-electron chi connectivity index (χ2n) is 4.85.